The summed E-state index contributed by atoms with van der Waals surface area (Å²) in [6.07, 6.45) is 10.2. The van der Waals surface area contributed by atoms with Gasteiger partial charge >= 0.3 is 0 Å². The number of carbonyl (C=O) groups excluding carboxylic acids is 2. The number of hydrogen-bond donors (Lipinski definition) is 1. The molecule has 0 spiro atoms. The van der Waals surface area contributed by atoms with Crippen LogP contribution in [0, 0.1) is 56.8 Å². The number of allylic oxidation sites excluding steroid dienone is 5. The largest absolute Gasteiger partial charge is 0.512 e. The third-order valence-electron chi connectivity index (χ3n) is 12.4. The van der Waals surface area contributed by atoms with Crippen LogP contribution in [0.1, 0.15) is 93.4 Å². The Bertz CT molecular complexity index is 1180. The number of fused-ring (bicyclic) bond motifs is 7. The Morgan fingerprint density at radius 2 is 1.67 bits per heavy atom. The van der Waals surface area contributed by atoms with Crippen molar-refractivity contribution in [1.82, 2.24) is 0 Å². The number of carbonyl (C=O) groups is 2. The Balaban J connectivity index is 1.71. The van der Waals surface area contributed by atoms with Crippen LogP contribution in [0.15, 0.2) is 35.8 Å². The standard InChI is InChI=1S/C32H43NO3/c1-19(34)32-14-12-27(2,3)17-20(32)25-22(35)16-24-29(6)18-21(33-9)26(36)28(4,5)23(29)10-11-30(24,7)31(25,8)13-15-32/h16,18,20,23,25,34H,1,10-15,17H2,2-8H3/t20-,23-,25-,29-,30+,31+,32+/m0/s1. The molecule has 0 bridgehead atoms. The normalized spacial score (nSPS) is 46.7. The van der Waals surface area contributed by atoms with E-state index in [2.05, 4.69) is 46.0 Å². The first-order chi connectivity index (χ1) is 16.5. The van der Waals surface area contributed by atoms with Gasteiger partial charge in [0.1, 0.15) is 0 Å². The minimum atomic E-state index is -0.643. The molecule has 5 aliphatic carbocycles. The Hall–Kier alpha value is -2.15. The minimum absolute atomic E-state index is 0.0591. The first kappa shape index (κ1) is 25.5. The van der Waals surface area contributed by atoms with Crippen molar-refractivity contribution in [3.63, 3.8) is 0 Å². The van der Waals surface area contributed by atoms with Gasteiger partial charge in [-0.3, -0.25) is 4.79 Å². The van der Waals surface area contributed by atoms with Crippen LogP contribution in [0.4, 0.5) is 0 Å². The number of Topliss-reactive ketones (excluding diaryl/α,β-unsaturated/α-hetero) is 1. The Morgan fingerprint density at radius 3 is 2.28 bits per heavy atom. The number of nitrogens with zero attached hydrogens (tertiary/aromatic N) is 1. The van der Waals surface area contributed by atoms with Gasteiger partial charge in [0, 0.05) is 22.2 Å². The molecule has 0 unspecified atom stereocenters. The molecule has 194 valence electrons. The van der Waals surface area contributed by atoms with Gasteiger partial charge < -0.3 is 9.90 Å². The third-order valence-corrected chi connectivity index (χ3v) is 12.4. The molecule has 1 N–H and O–H groups in total. The molecule has 4 heteroatoms. The van der Waals surface area contributed by atoms with Crippen LogP contribution in [0.25, 0.3) is 4.85 Å². The highest BCUT2D eigenvalue weighted by Crippen LogP contribution is 2.75. The van der Waals surface area contributed by atoms with E-state index >= 15 is 0 Å². The number of ketones is 2. The molecule has 0 heterocycles. The van der Waals surface area contributed by atoms with E-state index in [4.69, 9.17) is 6.57 Å². The lowest BCUT2D eigenvalue weighted by molar-refractivity contribution is -0.169. The average Bonchev–Trinajstić information content (AvgIpc) is 2.77. The molecule has 0 amide bonds. The molecule has 5 aliphatic rings. The van der Waals surface area contributed by atoms with Gasteiger partial charge in [-0.1, -0.05) is 66.7 Å². The van der Waals surface area contributed by atoms with Crippen LogP contribution in [0.3, 0.4) is 0 Å². The third kappa shape index (κ3) is 2.87. The Morgan fingerprint density at radius 1 is 1.03 bits per heavy atom. The second-order valence-corrected chi connectivity index (χ2v) is 14.8. The minimum Gasteiger partial charge on any atom is -0.512 e. The number of hydrogen-bond acceptors (Lipinski definition) is 3. The zero-order valence-corrected chi connectivity index (χ0v) is 23.3. The first-order valence-electron chi connectivity index (χ1n) is 13.8. The van der Waals surface area contributed by atoms with Crippen LogP contribution in [-0.4, -0.2) is 16.7 Å². The van der Waals surface area contributed by atoms with Crippen molar-refractivity contribution in [3.05, 3.63) is 47.2 Å². The summed E-state index contributed by atoms with van der Waals surface area (Å²) >= 11 is 0. The fourth-order valence-corrected chi connectivity index (χ4v) is 10.1. The highest BCUT2D eigenvalue weighted by Gasteiger charge is 2.70. The molecule has 0 radical (unpaired) electrons. The van der Waals surface area contributed by atoms with Crippen molar-refractivity contribution in [2.45, 2.75) is 93.4 Å². The molecule has 3 saturated carbocycles. The molecular weight excluding hydrogens is 446 g/mol. The zero-order valence-electron chi connectivity index (χ0n) is 23.3. The maximum Gasteiger partial charge on any atom is 0.226 e. The second kappa shape index (κ2) is 7.24. The highest BCUT2D eigenvalue weighted by molar-refractivity contribution is 6.03. The van der Waals surface area contributed by atoms with Gasteiger partial charge in [0.2, 0.25) is 5.70 Å². The van der Waals surface area contributed by atoms with Crippen molar-refractivity contribution >= 4 is 11.6 Å². The summed E-state index contributed by atoms with van der Waals surface area (Å²) in [5, 5.41) is 10.9. The van der Waals surface area contributed by atoms with E-state index in [1.165, 1.54) is 0 Å². The van der Waals surface area contributed by atoms with Crippen LogP contribution < -0.4 is 0 Å². The molecule has 36 heavy (non-hydrogen) atoms. The zero-order chi connectivity index (χ0) is 26.7. The highest BCUT2D eigenvalue weighted by atomic mass is 16.3. The molecular formula is C32H43NO3. The van der Waals surface area contributed by atoms with Crippen molar-refractivity contribution in [2.75, 3.05) is 0 Å². The quantitative estimate of drug-likeness (QED) is 0.304. The molecule has 0 aromatic rings. The van der Waals surface area contributed by atoms with Gasteiger partial charge in [0.25, 0.3) is 0 Å². The van der Waals surface area contributed by atoms with E-state index in [1.54, 1.807) is 0 Å². The molecule has 0 saturated heterocycles. The summed E-state index contributed by atoms with van der Waals surface area (Å²) in [5.74, 6) is 0.348. The number of aliphatic hydroxyl groups excluding tert-OH is 1. The van der Waals surface area contributed by atoms with E-state index in [0.717, 1.165) is 50.5 Å². The van der Waals surface area contributed by atoms with E-state index < -0.39 is 10.8 Å². The van der Waals surface area contributed by atoms with Gasteiger partial charge in [-0.05, 0) is 79.1 Å². The topological polar surface area (TPSA) is 58.7 Å². The Kier molecular flexibility index (Phi) is 5.13. The summed E-state index contributed by atoms with van der Waals surface area (Å²) in [6.45, 7) is 27.2. The number of aliphatic hydroxyl groups is 1. The fraction of sp³-hybridized carbons (Fsp3) is 0.719. The van der Waals surface area contributed by atoms with E-state index in [-0.39, 0.29) is 62.4 Å². The van der Waals surface area contributed by atoms with Crippen molar-refractivity contribution in [2.24, 2.45) is 50.2 Å². The molecule has 5 rings (SSSR count). The molecule has 0 aromatic heterocycles. The van der Waals surface area contributed by atoms with Crippen LogP contribution in [-0.2, 0) is 9.59 Å². The summed E-state index contributed by atoms with van der Waals surface area (Å²) in [4.78, 5) is 31.2. The fourth-order valence-electron chi connectivity index (χ4n) is 10.1. The SMILES string of the molecule is [C-]#[N+]C1=C[C@]2(C)C3=CC(=O)[C@@H]4[C@@H]5CC(C)(C)CC[C@]5(C(=C)O)CC[C@@]4(C)[C@]3(C)CC[C@H]2C(C)(C)C1=O. The Labute approximate surface area is 217 Å². The lowest BCUT2D eigenvalue weighted by Crippen LogP contribution is -2.65. The van der Waals surface area contributed by atoms with E-state index in [9.17, 15) is 14.7 Å². The number of rotatable bonds is 1. The van der Waals surface area contributed by atoms with E-state index in [1.807, 2.05) is 26.0 Å². The van der Waals surface area contributed by atoms with Crippen molar-refractivity contribution in [1.29, 1.82) is 0 Å². The maximum absolute atomic E-state index is 14.3. The van der Waals surface area contributed by atoms with Gasteiger partial charge in [-0.2, -0.15) is 0 Å². The predicted octanol–water partition coefficient (Wildman–Crippen LogP) is 7.63. The summed E-state index contributed by atoms with van der Waals surface area (Å²) in [6, 6.07) is 0. The van der Waals surface area contributed by atoms with Gasteiger partial charge in [0.05, 0.1) is 12.3 Å². The summed E-state index contributed by atoms with van der Waals surface area (Å²) in [5.41, 5.74) is -0.533. The molecule has 0 aliphatic heterocycles. The predicted molar refractivity (Wildman–Crippen MR) is 142 cm³/mol. The van der Waals surface area contributed by atoms with Crippen molar-refractivity contribution < 1.29 is 14.7 Å². The van der Waals surface area contributed by atoms with Crippen molar-refractivity contribution in [3.8, 4) is 0 Å². The van der Waals surface area contributed by atoms with Crippen LogP contribution in [0.5, 0.6) is 0 Å². The second-order valence-electron chi connectivity index (χ2n) is 14.8. The lowest BCUT2D eigenvalue weighted by Gasteiger charge is -2.69. The lowest BCUT2D eigenvalue weighted by atomic mass is 9.34. The van der Waals surface area contributed by atoms with E-state index in [0.29, 0.717) is 0 Å². The summed E-state index contributed by atoms with van der Waals surface area (Å²) in [7, 11) is 0. The van der Waals surface area contributed by atoms with Crippen LogP contribution >= 0.6 is 0 Å². The monoisotopic (exact) mass is 489 g/mol. The molecule has 0 aromatic carbocycles. The first-order valence-corrected chi connectivity index (χ1v) is 13.8. The van der Waals surface area contributed by atoms with Gasteiger partial charge in [-0.15, -0.1) is 0 Å². The van der Waals surface area contributed by atoms with Gasteiger partial charge in [-0.25, -0.2) is 4.85 Å². The molecule has 3 fully saturated rings. The average molecular weight is 490 g/mol. The maximum atomic E-state index is 14.3. The van der Waals surface area contributed by atoms with Crippen LogP contribution in [0.2, 0.25) is 0 Å². The summed E-state index contributed by atoms with van der Waals surface area (Å²) < 4.78 is 0. The van der Waals surface area contributed by atoms with Gasteiger partial charge in [0.15, 0.2) is 11.6 Å². The smallest absolute Gasteiger partial charge is 0.226 e. The molecule has 4 nitrogen and oxygen atoms in total. The molecule has 7 atom stereocenters.